The van der Waals surface area contributed by atoms with Crippen LogP contribution in [0.25, 0.3) is 6.08 Å². The number of nitrogens with zero attached hydrogens (tertiary/aromatic N) is 1. The van der Waals surface area contributed by atoms with Crippen LogP contribution >= 0.6 is 0 Å². The minimum absolute atomic E-state index is 0.0664. The number of carbonyl (C=O) groups excluding carboxylic acids is 1. The van der Waals surface area contributed by atoms with Gasteiger partial charge in [0.25, 0.3) is 0 Å². The van der Waals surface area contributed by atoms with Crippen molar-refractivity contribution >= 4 is 17.9 Å². The Morgan fingerprint density at radius 3 is 2.62 bits per heavy atom. The first-order valence-electron chi connectivity index (χ1n) is 7.69. The zero-order chi connectivity index (χ0) is 18.7. The van der Waals surface area contributed by atoms with Crippen LogP contribution in [0.2, 0.25) is 0 Å². The van der Waals surface area contributed by atoms with E-state index in [0.717, 1.165) is 11.1 Å². The van der Waals surface area contributed by atoms with Gasteiger partial charge in [-0.3, -0.25) is 0 Å². The first kappa shape index (κ1) is 17.6. The van der Waals surface area contributed by atoms with Crippen LogP contribution in [-0.2, 0) is 9.53 Å². The number of rotatable bonds is 5. The third kappa shape index (κ3) is 3.72. The Morgan fingerprint density at radius 1 is 1.15 bits per heavy atom. The Kier molecular flexibility index (Phi) is 4.97. The zero-order valence-corrected chi connectivity index (χ0v) is 14.0. The van der Waals surface area contributed by atoms with E-state index in [1.807, 2.05) is 31.2 Å². The largest absolute Gasteiger partial charge is 0.493 e. The summed E-state index contributed by atoms with van der Waals surface area (Å²) in [5.74, 6) is -0.559. The number of ether oxygens (including phenoxy) is 3. The van der Waals surface area contributed by atoms with Crippen LogP contribution in [0.1, 0.15) is 16.7 Å². The molecular weight excluding hydrogens is 344 g/mol. The molecule has 0 saturated carbocycles. The van der Waals surface area contributed by atoms with E-state index in [1.165, 1.54) is 25.3 Å². The maximum Gasteiger partial charge on any atom is 0.387 e. The zero-order valence-electron chi connectivity index (χ0n) is 14.0. The predicted octanol–water partition coefficient (Wildman–Crippen LogP) is 3.95. The molecule has 3 rings (SSSR count). The van der Waals surface area contributed by atoms with Gasteiger partial charge in [-0.05, 0) is 42.3 Å². The van der Waals surface area contributed by atoms with Crippen molar-refractivity contribution in [3.05, 3.63) is 64.9 Å². The quantitative estimate of drug-likeness (QED) is 0.599. The number of benzene rings is 2. The molecule has 0 fully saturated rings. The summed E-state index contributed by atoms with van der Waals surface area (Å²) < 4.78 is 39.4. The van der Waals surface area contributed by atoms with Crippen LogP contribution < -0.4 is 9.47 Å². The third-order valence-electron chi connectivity index (χ3n) is 3.73. The summed E-state index contributed by atoms with van der Waals surface area (Å²) in [4.78, 5) is 16.3. The molecule has 1 heterocycles. The summed E-state index contributed by atoms with van der Waals surface area (Å²) >= 11 is 0. The predicted molar refractivity (Wildman–Crippen MR) is 91.4 cm³/mol. The maximum atomic E-state index is 12.4. The lowest BCUT2D eigenvalue weighted by atomic mass is 10.1. The van der Waals surface area contributed by atoms with Crippen molar-refractivity contribution in [1.82, 2.24) is 0 Å². The van der Waals surface area contributed by atoms with Crippen LogP contribution in [0.5, 0.6) is 11.5 Å². The van der Waals surface area contributed by atoms with Crippen molar-refractivity contribution in [3.8, 4) is 11.5 Å². The van der Waals surface area contributed by atoms with E-state index in [-0.39, 0.29) is 23.1 Å². The molecular formula is C19H15F2NO4. The fourth-order valence-corrected chi connectivity index (χ4v) is 2.42. The summed E-state index contributed by atoms with van der Waals surface area (Å²) in [7, 11) is 1.32. The number of hydrogen-bond acceptors (Lipinski definition) is 5. The molecule has 2 aromatic rings. The van der Waals surface area contributed by atoms with E-state index in [9.17, 15) is 13.6 Å². The highest BCUT2D eigenvalue weighted by Crippen LogP contribution is 2.31. The monoisotopic (exact) mass is 359 g/mol. The Bertz CT molecular complexity index is 906. The molecule has 0 saturated heterocycles. The SMILES string of the molecule is COc1cc(C2=NC(=Cc3ccccc3C)C(=O)O2)ccc1OC(F)F. The number of esters is 1. The van der Waals surface area contributed by atoms with Gasteiger partial charge in [0.15, 0.2) is 17.2 Å². The van der Waals surface area contributed by atoms with Crippen LogP contribution in [0.4, 0.5) is 8.78 Å². The summed E-state index contributed by atoms with van der Waals surface area (Å²) in [6.45, 7) is -1.05. The number of hydrogen-bond donors (Lipinski definition) is 0. The van der Waals surface area contributed by atoms with Gasteiger partial charge in [-0.25, -0.2) is 9.79 Å². The van der Waals surface area contributed by atoms with E-state index in [1.54, 1.807) is 6.08 Å². The normalized spacial score (nSPS) is 15.2. The molecule has 2 aromatic carbocycles. The average molecular weight is 359 g/mol. The average Bonchev–Trinajstić information content (AvgIpc) is 2.97. The molecule has 0 spiro atoms. The second-order valence-electron chi connectivity index (χ2n) is 5.44. The Labute approximate surface area is 148 Å². The van der Waals surface area contributed by atoms with E-state index in [4.69, 9.17) is 9.47 Å². The second kappa shape index (κ2) is 7.35. The van der Waals surface area contributed by atoms with Crippen LogP contribution in [-0.4, -0.2) is 25.6 Å². The molecule has 0 atom stereocenters. The lowest BCUT2D eigenvalue weighted by Gasteiger charge is -2.10. The number of carbonyl (C=O) groups is 1. The number of halogens is 2. The number of cyclic esters (lactones) is 1. The summed E-state index contributed by atoms with van der Waals surface area (Å²) in [6.07, 6.45) is 1.64. The smallest absolute Gasteiger partial charge is 0.387 e. The van der Waals surface area contributed by atoms with E-state index in [2.05, 4.69) is 9.73 Å². The van der Waals surface area contributed by atoms with Crippen LogP contribution in [0.15, 0.2) is 53.2 Å². The topological polar surface area (TPSA) is 57.1 Å². The lowest BCUT2D eigenvalue weighted by Crippen LogP contribution is -2.07. The van der Waals surface area contributed by atoms with E-state index in [0.29, 0.717) is 5.56 Å². The molecule has 0 aliphatic carbocycles. The molecule has 134 valence electrons. The fourth-order valence-electron chi connectivity index (χ4n) is 2.42. The lowest BCUT2D eigenvalue weighted by molar-refractivity contribution is -0.129. The first-order chi connectivity index (χ1) is 12.5. The van der Waals surface area contributed by atoms with Gasteiger partial charge < -0.3 is 14.2 Å². The highest BCUT2D eigenvalue weighted by atomic mass is 19.3. The molecule has 1 aliphatic heterocycles. The summed E-state index contributed by atoms with van der Waals surface area (Å²) in [5, 5.41) is 0. The van der Waals surface area contributed by atoms with Crippen molar-refractivity contribution in [1.29, 1.82) is 0 Å². The molecule has 0 aromatic heterocycles. The van der Waals surface area contributed by atoms with Crippen molar-refractivity contribution in [3.63, 3.8) is 0 Å². The van der Waals surface area contributed by atoms with Gasteiger partial charge in [0.1, 0.15) is 0 Å². The fraction of sp³-hybridized carbons (Fsp3) is 0.158. The molecule has 26 heavy (non-hydrogen) atoms. The van der Waals surface area contributed by atoms with Crippen molar-refractivity contribution in [2.75, 3.05) is 7.11 Å². The van der Waals surface area contributed by atoms with Crippen LogP contribution in [0, 0.1) is 6.92 Å². The highest BCUT2D eigenvalue weighted by Gasteiger charge is 2.25. The van der Waals surface area contributed by atoms with Gasteiger partial charge in [-0.2, -0.15) is 8.78 Å². The minimum Gasteiger partial charge on any atom is -0.493 e. The number of methoxy groups -OCH3 is 1. The number of aryl methyl sites for hydroxylation is 1. The molecule has 0 radical (unpaired) electrons. The molecule has 0 bridgehead atoms. The van der Waals surface area contributed by atoms with E-state index >= 15 is 0 Å². The molecule has 0 unspecified atom stereocenters. The van der Waals surface area contributed by atoms with Gasteiger partial charge >= 0.3 is 12.6 Å². The standard InChI is InChI=1S/C19H15F2NO4/c1-11-5-3-4-6-12(11)9-14-18(23)26-17(22-14)13-7-8-15(25-19(20)21)16(10-13)24-2/h3-10,19H,1-2H3. The second-order valence-corrected chi connectivity index (χ2v) is 5.44. The summed E-state index contributed by atoms with van der Waals surface area (Å²) in [6, 6.07) is 11.7. The van der Waals surface area contributed by atoms with Gasteiger partial charge in [0.2, 0.25) is 5.90 Å². The number of aliphatic imine (C=N–C) groups is 1. The third-order valence-corrected chi connectivity index (χ3v) is 3.73. The van der Waals surface area contributed by atoms with Gasteiger partial charge in [-0.15, -0.1) is 0 Å². The highest BCUT2D eigenvalue weighted by molar-refractivity contribution is 6.13. The molecule has 0 amide bonds. The maximum absolute atomic E-state index is 12.4. The van der Waals surface area contributed by atoms with Crippen molar-refractivity contribution < 1.29 is 27.8 Å². The molecule has 1 aliphatic rings. The van der Waals surface area contributed by atoms with Crippen LogP contribution in [0.3, 0.4) is 0 Å². The van der Waals surface area contributed by atoms with Gasteiger partial charge in [0.05, 0.1) is 7.11 Å². The first-order valence-corrected chi connectivity index (χ1v) is 7.69. The number of alkyl halides is 2. The molecule has 7 heteroatoms. The van der Waals surface area contributed by atoms with Crippen molar-refractivity contribution in [2.45, 2.75) is 13.5 Å². The molecule has 5 nitrogen and oxygen atoms in total. The Balaban J connectivity index is 1.93. The van der Waals surface area contributed by atoms with Gasteiger partial charge in [0, 0.05) is 5.56 Å². The Morgan fingerprint density at radius 2 is 1.92 bits per heavy atom. The van der Waals surface area contributed by atoms with Gasteiger partial charge in [-0.1, -0.05) is 24.3 Å². The minimum atomic E-state index is -2.97. The summed E-state index contributed by atoms with van der Waals surface area (Å²) in [5.41, 5.74) is 2.40. The molecule has 0 N–H and O–H groups in total. The van der Waals surface area contributed by atoms with E-state index < -0.39 is 12.6 Å². The van der Waals surface area contributed by atoms with Crippen molar-refractivity contribution in [2.24, 2.45) is 4.99 Å². The Hall–Kier alpha value is -3.22.